The van der Waals surface area contributed by atoms with Crippen molar-refractivity contribution in [1.82, 2.24) is 0 Å². The molecule has 1 N–H and O–H groups in total. The van der Waals surface area contributed by atoms with Gasteiger partial charge in [-0.05, 0) is 74.0 Å². The summed E-state index contributed by atoms with van der Waals surface area (Å²) < 4.78 is 0. The normalized spacial score (nSPS) is 38.5. The molecule has 4 aliphatic carbocycles. The van der Waals surface area contributed by atoms with Gasteiger partial charge in [0, 0.05) is 25.2 Å². The van der Waals surface area contributed by atoms with Gasteiger partial charge in [-0.1, -0.05) is 12.1 Å². The Bertz CT molecular complexity index is 484. The van der Waals surface area contributed by atoms with Crippen LogP contribution in [0.25, 0.3) is 0 Å². The van der Waals surface area contributed by atoms with Crippen LogP contribution in [0.2, 0.25) is 0 Å². The topological polar surface area (TPSA) is 23.5 Å². The zero-order valence-electron chi connectivity index (χ0n) is 13.3. The first-order valence-electron chi connectivity index (χ1n) is 8.51. The van der Waals surface area contributed by atoms with Crippen molar-refractivity contribution in [3.63, 3.8) is 0 Å². The Kier molecular flexibility index (Phi) is 3.08. The van der Waals surface area contributed by atoms with Crippen LogP contribution in [-0.2, 0) is 0 Å². The lowest BCUT2D eigenvalue weighted by molar-refractivity contribution is -0.122. The molecule has 0 heterocycles. The van der Waals surface area contributed by atoms with Crippen LogP contribution in [-0.4, -0.2) is 19.2 Å². The Morgan fingerprint density at radius 3 is 1.86 bits per heavy atom. The van der Waals surface area contributed by atoms with E-state index in [1.165, 1.54) is 44.2 Å². The van der Waals surface area contributed by atoms with Crippen LogP contribution in [0.3, 0.4) is 0 Å². The van der Waals surface area contributed by atoms with Crippen LogP contribution in [0.5, 0.6) is 0 Å². The van der Waals surface area contributed by atoms with E-state index in [2.05, 4.69) is 43.3 Å². The fraction of sp³-hybridized carbons (Fsp3) is 0.684. The third kappa shape index (κ3) is 2.19. The standard InChI is InChI=1S/C19H27NO/c1-20(2)17-5-3-16(4-6-17)18(21)19-10-13-7-14(11-19)9-15(8-13)12-19/h3-6,13-15,18,21H,7-12H2,1-2H3. The number of hydrogen-bond donors (Lipinski definition) is 1. The molecule has 21 heavy (non-hydrogen) atoms. The van der Waals surface area contributed by atoms with Crippen molar-refractivity contribution in [2.45, 2.75) is 44.6 Å². The van der Waals surface area contributed by atoms with Crippen molar-refractivity contribution >= 4 is 5.69 Å². The molecule has 0 aromatic heterocycles. The lowest BCUT2D eigenvalue weighted by atomic mass is 9.47. The number of nitrogens with zero attached hydrogens (tertiary/aromatic N) is 1. The molecule has 2 nitrogen and oxygen atoms in total. The van der Waals surface area contributed by atoms with Crippen molar-refractivity contribution < 1.29 is 5.11 Å². The minimum atomic E-state index is -0.262. The fourth-order valence-electron chi connectivity index (χ4n) is 5.82. The molecule has 4 aliphatic rings. The summed E-state index contributed by atoms with van der Waals surface area (Å²) in [7, 11) is 4.12. The highest BCUT2D eigenvalue weighted by Gasteiger charge is 2.54. The second-order valence-corrected chi connectivity index (χ2v) is 8.17. The SMILES string of the molecule is CN(C)c1ccc(C(O)C23CC4CC(CC(C4)C2)C3)cc1. The number of aliphatic hydroxyl groups is 1. The highest BCUT2D eigenvalue weighted by molar-refractivity contribution is 5.46. The molecule has 1 unspecified atom stereocenters. The van der Waals surface area contributed by atoms with E-state index >= 15 is 0 Å². The highest BCUT2D eigenvalue weighted by atomic mass is 16.3. The zero-order chi connectivity index (χ0) is 14.6. The van der Waals surface area contributed by atoms with Crippen molar-refractivity contribution in [3.05, 3.63) is 29.8 Å². The first kappa shape index (κ1) is 13.6. The summed E-state index contributed by atoms with van der Waals surface area (Å²) in [5.41, 5.74) is 2.52. The van der Waals surface area contributed by atoms with Crippen LogP contribution in [0, 0.1) is 23.2 Å². The second-order valence-electron chi connectivity index (χ2n) is 8.17. The van der Waals surface area contributed by atoms with E-state index in [4.69, 9.17) is 0 Å². The molecule has 0 saturated heterocycles. The fourth-order valence-corrected chi connectivity index (χ4v) is 5.82. The van der Waals surface area contributed by atoms with Gasteiger partial charge in [-0.15, -0.1) is 0 Å². The lowest BCUT2D eigenvalue weighted by Gasteiger charge is -2.58. The van der Waals surface area contributed by atoms with Crippen molar-refractivity contribution in [1.29, 1.82) is 0 Å². The predicted octanol–water partition coefficient (Wildman–Crippen LogP) is 4.00. The van der Waals surface area contributed by atoms with E-state index in [0.29, 0.717) is 0 Å². The van der Waals surface area contributed by atoms with E-state index in [-0.39, 0.29) is 11.5 Å². The van der Waals surface area contributed by atoms with Gasteiger partial charge in [0.15, 0.2) is 0 Å². The number of rotatable bonds is 3. The molecule has 2 heteroatoms. The monoisotopic (exact) mass is 285 g/mol. The summed E-state index contributed by atoms with van der Waals surface area (Å²) in [5.74, 6) is 2.69. The van der Waals surface area contributed by atoms with Crippen molar-refractivity contribution in [2.75, 3.05) is 19.0 Å². The molecule has 1 atom stereocenters. The number of anilines is 1. The number of hydrogen-bond acceptors (Lipinski definition) is 2. The van der Waals surface area contributed by atoms with Crippen LogP contribution in [0.1, 0.15) is 50.2 Å². The first-order chi connectivity index (χ1) is 10.1. The summed E-state index contributed by atoms with van der Waals surface area (Å²) in [6.07, 6.45) is 7.82. The minimum absolute atomic E-state index is 0.189. The lowest BCUT2D eigenvalue weighted by Crippen LogP contribution is -2.48. The maximum absolute atomic E-state index is 11.1. The number of aliphatic hydroxyl groups excluding tert-OH is 1. The van der Waals surface area contributed by atoms with Crippen LogP contribution >= 0.6 is 0 Å². The smallest absolute Gasteiger partial charge is 0.0846 e. The van der Waals surface area contributed by atoms with E-state index in [1.807, 2.05) is 0 Å². The summed E-state index contributed by atoms with van der Waals surface area (Å²) >= 11 is 0. The van der Waals surface area contributed by atoms with Gasteiger partial charge in [0.05, 0.1) is 6.10 Å². The van der Waals surface area contributed by atoms with Crippen molar-refractivity contribution in [3.8, 4) is 0 Å². The average molecular weight is 285 g/mol. The average Bonchev–Trinajstić information content (AvgIpc) is 2.45. The van der Waals surface area contributed by atoms with E-state index in [1.54, 1.807) is 0 Å². The third-order valence-electron chi connectivity index (χ3n) is 6.39. The Labute approximate surface area is 128 Å². The molecule has 5 rings (SSSR count). The summed E-state index contributed by atoms with van der Waals surface area (Å²) in [6, 6.07) is 8.55. The quantitative estimate of drug-likeness (QED) is 0.907. The Balaban J connectivity index is 1.60. The Morgan fingerprint density at radius 1 is 0.952 bits per heavy atom. The van der Waals surface area contributed by atoms with Gasteiger partial charge in [0.25, 0.3) is 0 Å². The van der Waals surface area contributed by atoms with Gasteiger partial charge in [-0.2, -0.15) is 0 Å². The largest absolute Gasteiger partial charge is 0.388 e. The van der Waals surface area contributed by atoms with E-state index in [0.717, 1.165) is 23.3 Å². The van der Waals surface area contributed by atoms with Gasteiger partial charge in [-0.3, -0.25) is 0 Å². The molecular formula is C19H27NO. The molecule has 114 valence electrons. The molecule has 0 amide bonds. The first-order valence-corrected chi connectivity index (χ1v) is 8.51. The highest BCUT2D eigenvalue weighted by Crippen LogP contribution is 2.64. The molecule has 0 aliphatic heterocycles. The molecule has 0 radical (unpaired) electrons. The van der Waals surface area contributed by atoms with Gasteiger partial charge in [-0.25, -0.2) is 0 Å². The summed E-state index contributed by atoms with van der Waals surface area (Å²) in [4.78, 5) is 2.11. The van der Waals surface area contributed by atoms with Gasteiger partial charge in [0.2, 0.25) is 0 Å². The summed E-state index contributed by atoms with van der Waals surface area (Å²) in [5, 5.41) is 11.1. The molecular weight excluding hydrogens is 258 g/mol. The molecule has 1 aromatic carbocycles. The van der Waals surface area contributed by atoms with E-state index < -0.39 is 0 Å². The Hall–Kier alpha value is -1.02. The molecule has 4 fully saturated rings. The predicted molar refractivity (Wildman–Crippen MR) is 86.3 cm³/mol. The Morgan fingerprint density at radius 2 is 1.43 bits per heavy atom. The maximum Gasteiger partial charge on any atom is 0.0846 e. The van der Waals surface area contributed by atoms with Crippen LogP contribution in [0.15, 0.2) is 24.3 Å². The minimum Gasteiger partial charge on any atom is -0.388 e. The van der Waals surface area contributed by atoms with Crippen LogP contribution in [0.4, 0.5) is 5.69 Å². The summed E-state index contributed by atoms with van der Waals surface area (Å²) in [6.45, 7) is 0. The molecule has 4 bridgehead atoms. The van der Waals surface area contributed by atoms with Gasteiger partial charge < -0.3 is 10.0 Å². The van der Waals surface area contributed by atoms with E-state index in [9.17, 15) is 5.11 Å². The second kappa shape index (κ2) is 4.74. The molecule has 0 spiro atoms. The number of benzene rings is 1. The van der Waals surface area contributed by atoms with Crippen LogP contribution < -0.4 is 4.90 Å². The molecule has 4 saturated carbocycles. The molecule has 1 aromatic rings. The van der Waals surface area contributed by atoms with Gasteiger partial charge in [0.1, 0.15) is 0 Å². The van der Waals surface area contributed by atoms with Gasteiger partial charge >= 0.3 is 0 Å². The maximum atomic E-state index is 11.1. The van der Waals surface area contributed by atoms with Crippen molar-refractivity contribution in [2.24, 2.45) is 23.2 Å². The third-order valence-corrected chi connectivity index (χ3v) is 6.39. The zero-order valence-corrected chi connectivity index (χ0v) is 13.3.